The van der Waals surface area contributed by atoms with Gasteiger partial charge in [-0.25, -0.2) is 4.79 Å². The van der Waals surface area contributed by atoms with Crippen molar-refractivity contribution in [3.05, 3.63) is 82.9 Å². The average Bonchev–Trinajstić information content (AvgIpc) is 3.06. The number of hydrogen-bond donors (Lipinski definition) is 3. The Kier molecular flexibility index (Phi) is 4.52. The summed E-state index contributed by atoms with van der Waals surface area (Å²) in [7, 11) is 0. The zero-order chi connectivity index (χ0) is 18.8. The molecule has 0 radical (unpaired) electrons. The minimum Gasteiger partial charge on any atom is -0.348 e. The molecule has 0 unspecified atom stereocenters. The zero-order valence-electron chi connectivity index (χ0n) is 14.3. The Hall–Kier alpha value is -3.31. The molecule has 0 fully saturated rings. The van der Waals surface area contributed by atoms with Gasteiger partial charge in [0.1, 0.15) is 0 Å². The summed E-state index contributed by atoms with van der Waals surface area (Å²) in [5, 5.41) is 9.00. The van der Waals surface area contributed by atoms with Crippen LogP contribution in [0, 0.1) is 0 Å². The van der Waals surface area contributed by atoms with Gasteiger partial charge >= 0.3 is 6.03 Å². The second-order valence-electron chi connectivity index (χ2n) is 6.18. The van der Waals surface area contributed by atoms with Crippen LogP contribution in [-0.4, -0.2) is 11.9 Å². The smallest absolute Gasteiger partial charge is 0.323 e. The fourth-order valence-corrected chi connectivity index (χ4v) is 3.21. The van der Waals surface area contributed by atoms with Crippen LogP contribution in [0.5, 0.6) is 0 Å². The van der Waals surface area contributed by atoms with Gasteiger partial charge in [-0.05, 0) is 59.2 Å². The molecule has 0 atom stereocenters. The first-order valence-electron chi connectivity index (χ1n) is 8.44. The van der Waals surface area contributed by atoms with Crippen LogP contribution in [-0.2, 0) is 6.54 Å². The Morgan fingerprint density at radius 2 is 1.44 bits per heavy atom. The molecule has 0 aliphatic carbocycles. The lowest BCUT2D eigenvalue weighted by Crippen LogP contribution is -2.19. The molecule has 134 valence electrons. The number of urea groups is 1. The second kappa shape index (κ2) is 7.13. The molecule has 0 spiro atoms. The first kappa shape index (κ1) is 17.1. The van der Waals surface area contributed by atoms with Crippen LogP contribution in [0.1, 0.15) is 15.9 Å². The van der Waals surface area contributed by atoms with Gasteiger partial charge in [-0.1, -0.05) is 35.9 Å². The molecule has 3 N–H and O–H groups in total. The number of carbonyl (C=O) groups is 2. The number of nitrogens with one attached hydrogen (secondary N) is 3. The number of amides is 3. The predicted molar refractivity (Wildman–Crippen MR) is 107 cm³/mol. The Morgan fingerprint density at radius 1 is 0.852 bits per heavy atom. The third-order valence-corrected chi connectivity index (χ3v) is 4.65. The van der Waals surface area contributed by atoms with E-state index in [-0.39, 0.29) is 11.9 Å². The van der Waals surface area contributed by atoms with E-state index < -0.39 is 0 Å². The molecule has 27 heavy (non-hydrogen) atoms. The lowest BCUT2D eigenvalue weighted by molar-refractivity contribution is 0.0965. The average molecular weight is 378 g/mol. The molecule has 5 nitrogen and oxygen atoms in total. The number of anilines is 2. The number of rotatable bonds is 3. The van der Waals surface area contributed by atoms with Crippen LogP contribution in [0.2, 0.25) is 5.02 Å². The molecule has 1 aliphatic heterocycles. The summed E-state index contributed by atoms with van der Waals surface area (Å²) >= 11 is 5.84. The number of fused-ring (bicyclic) bond motifs is 1. The fraction of sp³-hybridized carbons (Fsp3) is 0.0476. The maximum atomic E-state index is 12.1. The van der Waals surface area contributed by atoms with Crippen molar-refractivity contribution in [1.29, 1.82) is 0 Å². The number of halogens is 1. The summed E-state index contributed by atoms with van der Waals surface area (Å²) in [5.74, 6) is -0.0380. The molecule has 4 rings (SSSR count). The van der Waals surface area contributed by atoms with Gasteiger partial charge in [-0.15, -0.1) is 0 Å². The summed E-state index contributed by atoms with van der Waals surface area (Å²) in [5.41, 5.74) is 5.06. The van der Waals surface area contributed by atoms with Crippen molar-refractivity contribution >= 4 is 34.9 Å². The molecule has 0 bridgehead atoms. The highest BCUT2D eigenvalue weighted by atomic mass is 35.5. The molecule has 1 heterocycles. The molecule has 3 aromatic carbocycles. The van der Waals surface area contributed by atoms with Crippen molar-refractivity contribution in [2.75, 3.05) is 10.6 Å². The second-order valence-corrected chi connectivity index (χ2v) is 6.61. The summed E-state index contributed by atoms with van der Waals surface area (Å²) in [4.78, 5) is 23.9. The van der Waals surface area contributed by atoms with Crippen LogP contribution in [0.25, 0.3) is 11.1 Å². The normalized spacial score (nSPS) is 12.3. The van der Waals surface area contributed by atoms with Gasteiger partial charge in [0.2, 0.25) is 0 Å². The molecular weight excluding hydrogens is 362 g/mol. The van der Waals surface area contributed by atoms with Crippen molar-refractivity contribution < 1.29 is 9.59 Å². The van der Waals surface area contributed by atoms with E-state index >= 15 is 0 Å². The van der Waals surface area contributed by atoms with Crippen molar-refractivity contribution in [3.63, 3.8) is 0 Å². The molecule has 0 aromatic heterocycles. The van der Waals surface area contributed by atoms with E-state index in [1.807, 2.05) is 42.5 Å². The van der Waals surface area contributed by atoms with Gasteiger partial charge in [0.05, 0.1) is 0 Å². The third kappa shape index (κ3) is 3.64. The molecule has 1 aliphatic rings. The van der Waals surface area contributed by atoms with Gasteiger partial charge in [0.25, 0.3) is 5.91 Å². The van der Waals surface area contributed by atoms with E-state index in [2.05, 4.69) is 16.0 Å². The Labute approximate surface area is 161 Å². The minimum atomic E-state index is -0.333. The maximum Gasteiger partial charge on any atom is 0.323 e. The van der Waals surface area contributed by atoms with Crippen molar-refractivity contribution in [1.82, 2.24) is 5.32 Å². The van der Waals surface area contributed by atoms with E-state index in [1.54, 1.807) is 24.3 Å². The van der Waals surface area contributed by atoms with Crippen molar-refractivity contribution in [2.24, 2.45) is 0 Å². The van der Waals surface area contributed by atoms with Crippen LogP contribution in [0.3, 0.4) is 0 Å². The summed E-state index contributed by atoms with van der Waals surface area (Å²) in [6, 6.07) is 19.8. The summed E-state index contributed by atoms with van der Waals surface area (Å²) in [6.07, 6.45) is 0. The van der Waals surface area contributed by atoms with E-state index in [4.69, 9.17) is 11.6 Å². The Balaban J connectivity index is 1.47. The van der Waals surface area contributed by atoms with Crippen molar-refractivity contribution in [2.45, 2.75) is 6.54 Å². The largest absolute Gasteiger partial charge is 0.348 e. The molecule has 3 amide bonds. The topological polar surface area (TPSA) is 70.2 Å². The Bertz CT molecular complexity index is 1010. The van der Waals surface area contributed by atoms with Gasteiger partial charge in [-0.2, -0.15) is 0 Å². The molecule has 0 saturated carbocycles. The highest BCUT2D eigenvalue weighted by molar-refractivity contribution is 6.30. The molecule has 6 heteroatoms. The molecule has 3 aromatic rings. The van der Waals surface area contributed by atoms with Crippen LogP contribution >= 0.6 is 11.6 Å². The maximum absolute atomic E-state index is 12.1. The molecule has 0 saturated heterocycles. The van der Waals surface area contributed by atoms with Gasteiger partial charge < -0.3 is 16.0 Å². The SMILES string of the molecule is O=C(Nc1ccc(Cl)cc1)Nc1ccc(-c2cccc3c2CNC3=O)cc1. The number of hydrogen-bond acceptors (Lipinski definition) is 2. The highest BCUT2D eigenvalue weighted by Gasteiger charge is 2.21. The van der Waals surface area contributed by atoms with Gasteiger partial charge in [0, 0.05) is 28.5 Å². The quantitative estimate of drug-likeness (QED) is 0.608. The van der Waals surface area contributed by atoms with E-state index in [9.17, 15) is 9.59 Å². The van der Waals surface area contributed by atoms with Crippen molar-refractivity contribution in [3.8, 4) is 11.1 Å². The lowest BCUT2D eigenvalue weighted by atomic mass is 9.97. The van der Waals surface area contributed by atoms with Crippen LogP contribution in [0.4, 0.5) is 16.2 Å². The highest BCUT2D eigenvalue weighted by Crippen LogP contribution is 2.30. The standard InChI is InChI=1S/C21H16ClN3O2/c22-14-6-10-16(11-7-14)25-21(27)24-15-8-4-13(5-9-15)17-2-1-3-18-19(17)12-23-20(18)26/h1-11H,12H2,(H,23,26)(H2,24,25,27). The third-order valence-electron chi connectivity index (χ3n) is 4.40. The predicted octanol–water partition coefficient (Wildman–Crippen LogP) is 4.89. The fourth-order valence-electron chi connectivity index (χ4n) is 3.08. The lowest BCUT2D eigenvalue weighted by Gasteiger charge is -2.10. The van der Waals surface area contributed by atoms with E-state index in [0.717, 1.165) is 22.3 Å². The van der Waals surface area contributed by atoms with Crippen LogP contribution < -0.4 is 16.0 Å². The van der Waals surface area contributed by atoms with Gasteiger partial charge in [-0.3, -0.25) is 4.79 Å². The number of benzene rings is 3. The first-order chi connectivity index (χ1) is 13.1. The van der Waals surface area contributed by atoms with E-state index in [1.165, 1.54) is 0 Å². The molecular formula is C21H16ClN3O2. The summed E-state index contributed by atoms with van der Waals surface area (Å²) < 4.78 is 0. The summed E-state index contributed by atoms with van der Waals surface area (Å²) in [6.45, 7) is 0.536. The first-order valence-corrected chi connectivity index (χ1v) is 8.82. The zero-order valence-corrected chi connectivity index (χ0v) is 15.0. The van der Waals surface area contributed by atoms with Crippen LogP contribution in [0.15, 0.2) is 66.7 Å². The van der Waals surface area contributed by atoms with E-state index in [0.29, 0.717) is 22.9 Å². The monoisotopic (exact) mass is 377 g/mol. The number of carbonyl (C=O) groups excluding carboxylic acids is 2. The van der Waals surface area contributed by atoms with Gasteiger partial charge in [0.15, 0.2) is 0 Å². The minimum absolute atomic E-state index is 0.0380. The Morgan fingerprint density at radius 3 is 2.11 bits per heavy atom.